The van der Waals surface area contributed by atoms with Gasteiger partial charge in [-0.25, -0.2) is 0 Å². The molecule has 0 saturated carbocycles. The first-order valence-electron chi connectivity index (χ1n) is 8.50. The molecule has 2 fully saturated rings. The van der Waals surface area contributed by atoms with Crippen molar-refractivity contribution in [3.8, 4) is 0 Å². The second kappa shape index (κ2) is 7.85. The van der Waals surface area contributed by atoms with Gasteiger partial charge in [-0.05, 0) is 43.6 Å². The monoisotopic (exact) mass is 368 g/mol. The van der Waals surface area contributed by atoms with Crippen molar-refractivity contribution in [1.82, 2.24) is 9.80 Å². The highest BCUT2D eigenvalue weighted by Crippen LogP contribution is 2.24. The Balaban J connectivity index is 1.67. The van der Waals surface area contributed by atoms with E-state index in [4.69, 9.17) is 23.2 Å². The van der Waals surface area contributed by atoms with Gasteiger partial charge in [-0.1, -0.05) is 29.3 Å². The summed E-state index contributed by atoms with van der Waals surface area (Å²) in [4.78, 5) is 28.9. The van der Waals surface area contributed by atoms with E-state index in [2.05, 4.69) is 4.90 Å². The van der Waals surface area contributed by atoms with Crippen molar-refractivity contribution in [1.29, 1.82) is 0 Å². The number of amides is 1. The number of hydrogen-bond acceptors (Lipinski definition) is 3. The van der Waals surface area contributed by atoms with Gasteiger partial charge in [0, 0.05) is 25.9 Å². The van der Waals surface area contributed by atoms with Crippen LogP contribution in [0.4, 0.5) is 0 Å². The molecule has 2 heterocycles. The number of hydrogen-bond donors (Lipinski definition) is 0. The zero-order valence-corrected chi connectivity index (χ0v) is 15.2. The normalized spacial score (nSPS) is 22.2. The SMILES string of the molecule is O=C1CCN(C(=O)Cc2ccc(Cl)c(Cl)c2)[C@H](CN2CCCC2)C1. The van der Waals surface area contributed by atoms with Gasteiger partial charge in [-0.2, -0.15) is 0 Å². The third-order valence-electron chi connectivity index (χ3n) is 4.86. The Morgan fingerprint density at radius 3 is 2.58 bits per heavy atom. The molecule has 6 heteroatoms. The number of benzene rings is 1. The largest absolute Gasteiger partial charge is 0.337 e. The number of rotatable bonds is 4. The molecule has 2 aliphatic rings. The Kier molecular flexibility index (Phi) is 5.80. The summed E-state index contributed by atoms with van der Waals surface area (Å²) in [6.07, 6.45) is 3.64. The van der Waals surface area contributed by atoms with Crippen LogP contribution >= 0.6 is 23.2 Å². The maximum Gasteiger partial charge on any atom is 0.227 e. The van der Waals surface area contributed by atoms with E-state index in [-0.39, 0.29) is 17.7 Å². The average molecular weight is 369 g/mol. The van der Waals surface area contributed by atoms with Crippen molar-refractivity contribution in [2.45, 2.75) is 38.1 Å². The van der Waals surface area contributed by atoms with Crippen LogP contribution in [0.1, 0.15) is 31.2 Å². The Morgan fingerprint density at radius 1 is 1.12 bits per heavy atom. The number of piperidine rings is 1. The number of nitrogens with zero attached hydrogens (tertiary/aromatic N) is 2. The summed E-state index contributed by atoms with van der Waals surface area (Å²) in [7, 11) is 0. The van der Waals surface area contributed by atoms with Gasteiger partial charge in [-0.3, -0.25) is 9.59 Å². The molecule has 1 aromatic rings. The van der Waals surface area contributed by atoms with Gasteiger partial charge >= 0.3 is 0 Å². The third kappa shape index (κ3) is 4.29. The number of carbonyl (C=O) groups is 2. The van der Waals surface area contributed by atoms with Crippen molar-refractivity contribution in [2.75, 3.05) is 26.2 Å². The van der Waals surface area contributed by atoms with Crippen LogP contribution in [0.5, 0.6) is 0 Å². The molecule has 0 aliphatic carbocycles. The summed E-state index contributed by atoms with van der Waals surface area (Å²) in [5.74, 6) is 0.322. The van der Waals surface area contributed by atoms with Gasteiger partial charge in [0.25, 0.3) is 0 Å². The van der Waals surface area contributed by atoms with Crippen LogP contribution in [0.15, 0.2) is 18.2 Å². The molecule has 1 aromatic carbocycles. The number of likely N-dealkylation sites (tertiary alicyclic amines) is 2. The van der Waals surface area contributed by atoms with Gasteiger partial charge in [0.05, 0.1) is 22.5 Å². The van der Waals surface area contributed by atoms with Crippen molar-refractivity contribution in [3.05, 3.63) is 33.8 Å². The molecule has 3 rings (SSSR count). The zero-order valence-electron chi connectivity index (χ0n) is 13.6. The second-order valence-corrected chi connectivity index (χ2v) is 7.48. The summed E-state index contributed by atoms with van der Waals surface area (Å²) in [6, 6.07) is 5.29. The smallest absolute Gasteiger partial charge is 0.227 e. The number of Topliss-reactive ketones (excluding diaryl/α,β-unsaturated/α-hetero) is 1. The first-order valence-corrected chi connectivity index (χ1v) is 9.26. The average Bonchev–Trinajstić information content (AvgIpc) is 3.04. The number of ketones is 1. The number of halogens is 2. The lowest BCUT2D eigenvalue weighted by molar-refractivity contribution is -0.137. The van der Waals surface area contributed by atoms with Gasteiger partial charge in [0.15, 0.2) is 0 Å². The molecule has 24 heavy (non-hydrogen) atoms. The van der Waals surface area contributed by atoms with E-state index in [1.54, 1.807) is 12.1 Å². The van der Waals surface area contributed by atoms with Crippen LogP contribution in [0.2, 0.25) is 10.0 Å². The Labute approximate surface area is 152 Å². The van der Waals surface area contributed by atoms with E-state index in [0.717, 1.165) is 25.2 Å². The van der Waals surface area contributed by atoms with Crippen LogP contribution in [-0.4, -0.2) is 53.7 Å². The Morgan fingerprint density at radius 2 is 1.88 bits per heavy atom. The molecule has 1 amide bonds. The summed E-state index contributed by atoms with van der Waals surface area (Å²) < 4.78 is 0. The molecule has 0 unspecified atom stereocenters. The molecule has 2 saturated heterocycles. The molecule has 0 spiro atoms. The van der Waals surface area contributed by atoms with Crippen molar-refractivity contribution in [3.63, 3.8) is 0 Å². The molecular weight excluding hydrogens is 347 g/mol. The maximum atomic E-state index is 12.8. The van der Waals surface area contributed by atoms with Crippen molar-refractivity contribution < 1.29 is 9.59 Å². The summed E-state index contributed by atoms with van der Waals surface area (Å²) >= 11 is 12.0. The van der Waals surface area contributed by atoms with E-state index in [0.29, 0.717) is 35.9 Å². The lowest BCUT2D eigenvalue weighted by Gasteiger charge is -2.37. The fourth-order valence-corrected chi connectivity index (χ4v) is 3.90. The highest BCUT2D eigenvalue weighted by atomic mass is 35.5. The van der Waals surface area contributed by atoms with Gasteiger partial charge in [0.1, 0.15) is 5.78 Å². The van der Waals surface area contributed by atoms with Crippen LogP contribution in [0.25, 0.3) is 0 Å². The summed E-state index contributed by atoms with van der Waals surface area (Å²) in [5.41, 5.74) is 0.853. The van der Waals surface area contributed by atoms with Crippen molar-refractivity contribution in [2.24, 2.45) is 0 Å². The van der Waals surface area contributed by atoms with Gasteiger partial charge in [0.2, 0.25) is 5.91 Å². The molecule has 2 aliphatic heterocycles. The Bertz CT molecular complexity index is 629. The molecule has 130 valence electrons. The standard InChI is InChI=1S/C18H22Cl2N2O2/c19-16-4-3-13(9-17(16)20)10-18(24)22-8-5-15(23)11-14(22)12-21-6-1-2-7-21/h3-4,9,14H,1-2,5-8,10-12H2/t14-/m0/s1. The molecule has 0 aromatic heterocycles. The second-order valence-electron chi connectivity index (χ2n) is 6.67. The fraction of sp³-hybridized carbons (Fsp3) is 0.556. The predicted octanol–water partition coefficient (Wildman–Crippen LogP) is 3.19. The minimum absolute atomic E-state index is 0.000350. The lowest BCUT2D eigenvalue weighted by atomic mass is 9.99. The first-order chi connectivity index (χ1) is 11.5. The zero-order chi connectivity index (χ0) is 17.1. The van der Waals surface area contributed by atoms with E-state index in [1.165, 1.54) is 12.8 Å². The van der Waals surface area contributed by atoms with Crippen LogP contribution in [0.3, 0.4) is 0 Å². The van der Waals surface area contributed by atoms with E-state index in [1.807, 2.05) is 11.0 Å². The quantitative estimate of drug-likeness (QED) is 0.819. The highest BCUT2D eigenvalue weighted by molar-refractivity contribution is 6.42. The molecule has 0 radical (unpaired) electrons. The summed E-state index contributed by atoms with van der Waals surface area (Å²) in [6.45, 7) is 3.47. The molecule has 4 nitrogen and oxygen atoms in total. The van der Waals surface area contributed by atoms with Crippen LogP contribution in [0, 0.1) is 0 Å². The van der Waals surface area contributed by atoms with Crippen LogP contribution in [-0.2, 0) is 16.0 Å². The lowest BCUT2D eigenvalue weighted by Crippen LogP contribution is -2.51. The van der Waals surface area contributed by atoms with E-state index in [9.17, 15) is 9.59 Å². The predicted molar refractivity (Wildman–Crippen MR) is 95.6 cm³/mol. The first kappa shape index (κ1) is 17.7. The topological polar surface area (TPSA) is 40.6 Å². The minimum Gasteiger partial charge on any atom is -0.337 e. The van der Waals surface area contributed by atoms with Crippen molar-refractivity contribution >= 4 is 34.9 Å². The van der Waals surface area contributed by atoms with Gasteiger partial charge in [-0.15, -0.1) is 0 Å². The maximum absolute atomic E-state index is 12.8. The molecule has 0 N–H and O–H groups in total. The number of carbonyl (C=O) groups excluding carboxylic acids is 2. The summed E-state index contributed by atoms with van der Waals surface area (Å²) in [5, 5.41) is 0.952. The van der Waals surface area contributed by atoms with Gasteiger partial charge < -0.3 is 9.80 Å². The van der Waals surface area contributed by atoms with E-state index < -0.39 is 0 Å². The Hall–Kier alpha value is -1.10. The highest BCUT2D eigenvalue weighted by Gasteiger charge is 2.32. The van der Waals surface area contributed by atoms with E-state index >= 15 is 0 Å². The van der Waals surface area contributed by atoms with Crippen LogP contribution < -0.4 is 0 Å². The minimum atomic E-state index is -0.000350. The molecular formula is C18H22Cl2N2O2. The third-order valence-corrected chi connectivity index (χ3v) is 5.60. The molecule has 0 bridgehead atoms. The fourth-order valence-electron chi connectivity index (χ4n) is 3.58. The molecule has 1 atom stereocenters.